The van der Waals surface area contributed by atoms with Gasteiger partial charge in [0, 0.05) is 11.8 Å². The van der Waals surface area contributed by atoms with Gasteiger partial charge in [-0.15, -0.1) is 0 Å². The zero-order valence-corrected chi connectivity index (χ0v) is 14.1. The molecular formula is C19H21NO4. The first-order valence-corrected chi connectivity index (χ1v) is 7.86. The lowest BCUT2D eigenvalue weighted by Crippen LogP contribution is -2.32. The number of benzene rings is 2. The molecule has 0 unspecified atom stereocenters. The fourth-order valence-corrected chi connectivity index (χ4v) is 2.85. The average Bonchev–Trinajstić information content (AvgIpc) is 2.62. The van der Waals surface area contributed by atoms with Crippen molar-refractivity contribution in [1.82, 2.24) is 0 Å². The molecule has 0 bridgehead atoms. The van der Waals surface area contributed by atoms with Crippen molar-refractivity contribution in [3.63, 3.8) is 0 Å². The number of methoxy groups -OCH3 is 2. The molecule has 24 heavy (non-hydrogen) atoms. The molecule has 1 N–H and O–H groups in total. The third-order valence-electron chi connectivity index (χ3n) is 4.24. The van der Waals surface area contributed by atoms with Crippen molar-refractivity contribution in [2.75, 3.05) is 26.1 Å². The summed E-state index contributed by atoms with van der Waals surface area (Å²) in [7, 11) is 3.16. The maximum absolute atomic E-state index is 12.6. The highest BCUT2D eigenvalue weighted by molar-refractivity contribution is 5.94. The number of hydrogen-bond acceptors (Lipinski definition) is 4. The van der Waals surface area contributed by atoms with E-state index in [1.54, 1.807) is 20.3 Å². The van der Waals surface area contributed by atoms with Crippen molar-refractivity contribution < 1.29 is 19.0 Å². The van der Waals surface area contributed by atoms with Gasteiger partial charge >= 0.3 is 0 Å². The second-order valence-electron chi connectivity index (χ2n) is 5.83. The quantitative estimate of drug-likeness (QED) is 0.937. The number of carbonyl (C=O) groups is 1. The van der Waals surface area contributed by atoms with E-state index < -0.39 is 0 Å². The SMILES string of the molecule is COc1cc(C)c(NC(=O)[C@H]2COc3ccccc3C2)cc1OC. The molecule has 0 aromatic heterocycles. The average molecular weight is 327 g/mol. The number of carbonyl (C=O) groups excluding carboxylic acids is 1. The molecule has 0 fully saturated rings. The van der Waals surface area contributed by atoms with Crippen LogP contribution in [0.5, 0.6) is 17.2 Å². The van der Waals surface area contributed by atoms with Crippen LogP contribution in [0, 0.1) is 12.8 Å². The molecule has 5 heteroatoms. The Morgan fingerprint density at radius 3 is 2.62 bits per heavy atom. The first-order valence-electron chi connectivity index (χ1n) is 7.86. The maximum Gasteiger partial charge on any atom is 0.231 e. The molecule has 1 aliphatic rings. The highest BCUT2D eigenvalue weighted by Crippen LogP contribution is 2.33. The van der Waals surface area contributed by atoms with E-state index in [0.717, 1.165) is 22.6 Å². The smallest absolute Gasteiger partial charge is 0.231 e. The van der Waals surface area contributed by atoms with Crippen LogP contribution in [0.15, 0.2) is 36.4 Å². The number of rotatable bonds is 4. The standard InChI is InChI=1S/C19H21NO4/c1-12-8-17(22-2)18(23-3)10-15(12)20-19(21)14-9-13-6-4-5-7-16(13)24-11-14/h4-8,10,14H,9,11H2,1-3H3,(H,20,21)/t14-/m1/s1. The monoisotopic (exact) mass is 327 g/mol. The van der Waals surface area contributed by atoms with Crippen LogP contribution in [0.4, 0.5) is 5.69 Å². The minimum absolute atomic E-state index is 0.0557. The Labute approximate surface area is 141 Å². The number of para-hydroxylation sites is 1. The molecule has 5 nitrogen and oxygen atoms in total. The third-order valence-corrected chi connectivity index (χ3v) is 4.24. The number of hydrogen-bond donors (Lipinski definition) is 1. The Morgan fingerprint density at radius 1 is 1.17 bits per heavy atom. The van der Waals surface area contributed by atoms with E-state index in [0.29, 0.717) is 24.5 Å². The number of nitrogens with one attached hydrogen (secondary N) is 1. The lowest BCUT2D eigenvalue weighted by molar-refractivity contribution is -0.121. The topological polar surface area (TPSA) is 56.8 Å². The Hall–Kier alpha value is -2.69. The minimum atomic E-state index is -0.215. The van der Waals surface area contributed by atoms with Crippen molar-refractivity contribution in [2.45, 2.75) is 13.3 Å². The van der Waals surface area contributed by atoms with Gasteiger partial charge in [-0.3, -0.25) is 4.79 Å². The summed E-state index contributed by atoms with van der Waals surface area (Å²) in [6, 6.07) is 11.5. The molecule has 0 radical (unpaired) electrons. The highest BCUT2D eigenvalue weighted by Gasteiger charge is 2.26. The largest absolute Gasteiger partial charge is 0.493 e. The van der Waals surface area contributed by atoms with Crippen LogP contribution in [0.3, 0.4) is 0 Å². The summed E-state index contributed by atoms with van der Waals surface area (Å²) in [5.41, 5.74) is 2.70. The molecule has 1 aliphatic heterocycles. The molecule has 0 saturated heterocycles. The summed E-state index contributed by atoms with van der Waals surface area (Å²) < 4.78 is 16.3. The van der Waals surface area contributed by atoms with E-state index in [1.807, 2.05) is 37.3 Å². The van der Waals surface area contributed by atoms with Gasteiger partial charge in [-0.05, 0) is 36.6 Å². The van der Waals surface area contributed by atoms with Crippen LogP contribution < -0.4 is 19.5 Å². The Morgan fingerprint density at radius 2 is 1.88 bits per heavy atom. The predicted octanol–water partition coefficient (Wildman–Crippen LogP) is 3.20. The van der Waals surface area contributed by atoms with Gasteiger partial charge < -0.3 is 19.5 Å². The fourth-order valence-electron chi connectivity index (χ4n) is 2.85. The van der Waals surface area contributed by atoms with E-state index in [9.17, 15) is 4.79 Å². The van der Waals surface area contributed by atoms with Crippen molar-refractivity contribution >= 4 is 11.6 Å². The molecule has 1 amide bonds. The van der Waals surface area contributed by atoms with Gasteiger partial charge in [0.2, 0.25) is 5.91 Å². The third kappa shape index (κ3) is 3.15. The van der Waals surface area contributed by atoms with Gasteiger partial charge in [-0.1, -0.05) is 18.2 Å². The zero-order chi connectivity index (χ0) is 17.1. The lowest BCUT2D eigenvalue weighted by atomic mass is 9.96. The van der Waals surface area contributed by atoms with Crippen molar-refractivity contribution in [1.29, 1.82) is 0 Å². The Kier molecular flexibility index (Phi) is 4.60. The van der Waals surface area contributed by atoms with Crippen molar-refractivity contribution in [3.05, 3.63) is 47.5 Å². The number of aryl methyl sites for hydroxylation is 1. The molecule has 0 spiro atoms. The first-order chi connectivity index (χ1) is 11.6. The second kappa shape index (κ2) is 6.83. The van der Waals surface area contributed by atoms with Gasteiger partial charge in [0.05, 0.1) is 20.1 Å². The van der Waals surface area contributed by atoms with Crippen LogP contribution in [-0.2, 0) is 11.2 Å². The van der Waals surface area contributed by atoms with Crippen molar-refractivity contribution in [3.8, 4) is 17.2 Å². The fraction of sp³-hybridized carbons (Fsp3) is 0.316. The molecule has 2 aromatic rings. The van der Waals surface area contributed by atoms with Gasteiger partial charge in [0.15, 0.2) is 11.5 Å². The normalized spacial score (nSPS) is 15.9. The number of amides is 1. The van der Waals surface area contributed by atoms with E-state index in [-0.39, 0.29) is 11.8 Å². The summed E-state index contributed by atoms with van der Waals surface area (Å²) in [6.07, 6.45) is 0.675. The number of ether oxygens (including phenoxy) is 3. The van der Waals surface area contributed by atoms with Gasteiger partial charge in [0.25, 0.3) is 0 Å². The molecule has 2 aromatic carbocycles. The lowest BCUT2D eigenvalue weighted by Gasteiger charge is -2.25. The zero-order valence-electron chi connectivity index (χ0n) is 14.1. The van der Waals surface area contributed by atoms with Crippen LogP contribution in [0.25, 0.3) is 0 Å². The molecule has 3 rings (SSSR count). The molecular weight excluding hydrogens is 306 g/mol. The summed E-state index contributed by atoms with van der Waals surface area (Å²) in [5, 5.41) is 2.98. The summed E-state index contributed by atoms with van der Waals surface area (Å²) in [5.74, 6) is 1.82. The van der Waals surface area contributed by atoms with Crippen LogP contribution in [0.2, 0.25) is 0 Å². The summed E-state index contributed by atoms with van der Waals surface area (Å²) in [6.45, 7) is 2.30. The molecule has 1 heterocycles. The van der Waals surface area contributed by atoms with E-state index >= 15 is 0 Å². The van der Waals surface area contributed by atoms with E-state index in [4.69, 9.17) is 14.2 Å². The summed E-state index contributed by atoms with van der Waals surface area (Å²) in [4.78, 5) is 12.6. The summed E-state index contributed by atoms with van der Waals surface area (Å²) >= 11 is 0. The van der Waals surface area contributed by atoms with E-state index in [1.165, 1.54) is 0 Å². The van der Waals surface area contributed by atoms with Crippen LogP contribution >= 0.6 is 0 Å². The number of anilines is 1. The Bertz CT molecular complexity index is 757. The van der Waals surface area contributed by atoms with Crippen molar-refractivity contribution in [2.24, 2.45) is 5.92 Å². The second-order valence-corrected chi connectivity index (χ2v) is 5.83. The van der Waals surface area contributed by atoms with Gasteiger partial charge in [0.1, 0.15) is 12.4 Å². The molecule has 0 aliphatic carbocycles. The molecule has 1 atom stereocenters. The molecule has 0 saturated carbocycles. The highest BCUT2D eigenvalue weighted by atomic mass is 16.5. The minimum Gasteiger partial charge on any atom is -0.493 e. The van der Waals surface area contributed by atoms with Gasteiger partial charge in [-0.2, -0.15) is 0 Å². The molecule has 126 valence electrons. The van der Waals surface area contributed by atoms with Crippen LogP contribution in [0.1, 0.15) is 11.1 Å². The Balaban J connectivity index is 1.76. The van der Waals surface area contributed by atoms with Gasteiger partial charge in [-0.25, -0.2) is 0 Å². The first kappa shape index (κ1) is 16.2. The number of fused-ring (bicyclic) bond motifs is 1. The van der Waals surface area contributed by atoms with Crippen LogP contribution in [-0.4, -0.2) is 26.7 Å². The predicted molar refractivity (Wildman–Crippen MR) is 92.0 cm³/mol. The maximum atomic E-state index is 12.6. The van der Waals surface area contributed by atoms with E-state index in [2.05, 4.69) is 5.32 Å².